The van der Waals surface area contributed by atoms with E-state index in [0.29, 0.717) is 23.5 Å². The van der Waals surface area contributed by atoms with Crippen molar-refractivity contribution < 1.29 is 14.3 Å². The number of carbonyl (C=O) groups is 2. The number of aryl methyl sites for hydroxylation is 2. The van der Waals surface area contributed by atoms with Gasteiger partial charge in [0, 0.05) is 5.02 Å². The Morgan fingerprint density at radius 2 is 1.41 bits per heavy atom. The van der Waals surface area contributed by atoms with E-state index in [4.69, 9.17) is 16.3 Å². The van der Waals surface area contributed by atoms with Crippen molar-refractivity contribution in [3.8, 4) is 5.75 Å². The van der Waals surface area contributed by atoms with Gasteiger partial charge >= 0.3 is 0 Å². The van der Waals surface area contributed by atoms with E-state index in [1.165, 1.54) is 31.2 Å². The molecule has 0 aromatic heterocycles. The number of rotatable bonds is 12. The monoisotopic (exact) mass is 386 g/mol. The minimum Gasteiger partial charge on any atom is -0.492 e. The van der Waals surface area contributed by atoms with Crippen LogP contribution in [0.3, 0.4) is 0 Å². The van der Waals surface area contributed by atoms with Crippen molar-refractivity contribution in [2.75, 3.05) is 6.61 Å². The normalized spacial score (nSPS) is 10.6. The standard InChI is InChI=1S/C23H27ClO3/c1-18-14-20(16-25)23(21(15-18)17-26)27-13-7-5-3-2-4-6-8-19-9-11-22(24)12-10-19/h9-12,14-17H,2-8,13H2,1H3. The van der Waals surface area contributed by atoms with Gasteiger partial charge < -0.3 is 4.74 Å². The predicted octanol–water partition coefficient (Wildman–Crippen LogP) is 6.24. The second-order valence-corrected chi connectivity index (χ2v) is 7.29. The number of carbonyl (C=O) groups excluding carboxylic acids is 2. The first kappa shape index (κ1) is 21.2. The molecule has 0 saturated carbocycles. The Kier molecular flexibility index (Phi) is 9.06. The molecule has 2 aromatic carbocycles. The van der Waals surface area contributed by atoms with Crippen LogP contribution in [0.5, 0.6) is 5.75 Å². The molecular formula is C23H27ClO3. The molecule has 0 bridgehead atoms. The maximum Gasteiger partial charge on any atom is 0.153 e. The summed E-state index contributed by atoms with van der Waals surface area (Å²) in [5, 5.41) is 0.784. The van der Waals surface area contributed by atoms with Crippen LogP contribution in [0.25, 0.3) is 0 Å². The summed E-state index contributed by atoms with van der Waals surface area (Å²) in [5.41, 5.74) is 3.10. The summed E-state index contributed by atoms with van der Waals surface area (Å²) in [7, 11) is 0. The number of hydrogen-bond acceptors (Lipinski definition) is 3. The van der Waals surface area contributed by atoms with E-state index in [-0.39, 0.29) is 0 Å². The molecule has 27 heavy (non-hydrogen) atoms. The highest BCUT2D eigenvalue weighted by Crippen LogP contribution is 2.24. The highest BCUT2D eigenvalue weighted by Gasteiger charge is 2.10. The molecule has 144 valence electrons. The van der Waals surface area contributed by atoms with Crippen LogP contribution in [0.2, 0.25) is 5.02 Å². The molecule has 3 nitrogen and oxygen atoms in total. The fourth-order valence-corrected chi connectivity index (χ4v) is 3.26. The van der Waals surface area contributed by atoms with Crippen molar-refractivity contribution in [3.63, 3.8) is 0 Å². The van der Waals surface area contributed by atoms with Gasteiger partial charge in [-0.25, -0.2) is 0 Å². The second kappa shape index (κ2) is 11.6. The molecule has 0 spiro atoms. The fraction of sp³-hybridized carbons (Fsp3) is 0.391. The lowest BCUT2D eigenvalue weighted by atomic mass is 10.0. The van der Waals surface area contributed by atoms with Gasteiger partial charge in [-0.2, -0.15) is 0 Å². The molecule has 0 saturated heterocycles. The summed E-state index contributed by atoms with van der Waals surface area (Å²) in [6.45, 7) is 2.38. The van der Waals surface area contributed by atoms with Gasteiger partial charge in [-0.05, 0) is 61.6 Å². The zero-order chi connectivity index (χ0) is 19.5. The Bertz CT molecular complexity index is 709. The van der Waals surface area contributed by atoms with E-state index in [1.54, 1.807) is 12.1 Å². The average Bonchev–Trinajstić information content (AvgIpc) is 2.68. The number of ether oxygens (including phenoxy) is 1. The highest BCUT2D eigenvalue weighted by molar-refractivity contribution is 6.30. The Labute approximate surface area is 166 Å². The molecule has 0 N–H and O–H groups in total. The quantitative estimate of drug-likeness (QED) is 0.320. The highest BCUT2D eigenvalue weighted by atomic mass is 35.5. The van der Waals surface area contributed by atoms with Crippen LogP contribution in [0.1, 0.15) is 70.4 Å². The van der Waals surface area contributed by atoms with E-state index >= 15 is 0 Å². The molecule has 0 aliphatic carbocycles. The molecular weight excluding hydrogens is 360 g/mol. The summed E-state index contributed by atoms with van der Waals surface area (Å²) >= 11 is 5.89. The Balaban J connectivity index is 1.60. The summed E-state index contributed by atoms with van der Waals surface area (Å²) < 4.78 is 5.73. The second-order valence-electron chi connectivity index (χ2n) is 6.85. The first-order chi connectivity index (χ1) is 13.1. The van der Waals surface area contributed by atoms with Gasteiger partial charge in [0.1, 0.15) is 5.75 Å². The minimum absolute atomic E-state index is 0.411. The number of halogens is 1. The van der Waals surface area contributed by atoms with Crippen molar-refractivity contribution in [3.05, 3.63) is 63.7 Å². The van der Waals surface area contributed by atoms with E-state index in [2.05, 4.69) is 12.1 Å². The topological polar surface area (TPSA) is 43.4 Å². The number of benzene rings is 2. The molecule has 0 heterocycles. The lowest BCUT2D eigenvalue weighted by Gasteiger charge is -2.11. The Morgan fingerprint density at radius 1 is 0.852 bits per heavy atom. The van der Waals surface area contributed by atoms with Gasteiger partial charge in [0.2, 0.25) is 0 Å². The fourth-order valence-electron chi connectivity index (χ4n) is 3.14. The molecule has 2 aromatic rings. The van der Waals surface area contributed by atoms with Gasteiger partial charge in [-0.3, -0.25) is 9.59 Å². The molecule has 0 radical (unpaired) electrons. The summed E-state index contributed by atoms with van der Waals surface area (Å²) in [4.78, 5) is 22.4. The molecule has 4 heteroatoms. The van der Waals surface area contributed by atoms with Crippen LogP contribution in [0, 0.1) is 6.92 Å². The van der Waals surface area contributed by atoms with Crippen molar-refractivity contribution in [1.82, 2.24) is 0 Å². The third kappa shape index (κ3) is 7.18. The first-order valence-electron chi connectivity index (χ1n) is 9.56. The molecule has 2 rings (SSSR count). The zero-order valence-electron chi connectivity index (χ0n) is 15.9. The Morgan fingerprint density at radius 3 is 2.00 bits per heavy atom. The third-order valence-electron chi connectivity index (χ3n) is 4.56. The summed E-state index contributed by atoms with van der Waals surface area (Å²) in [6, 6.07) is 11.6. The number of aldehydes is 2. The average molecular weight is 387 g/mol. The van der Waals surface area contributed by atoms with Crippen LogP contribution in [-0.4, -0.2) is 19.2 Å². The third-order valence-corrected chi connectivity index (χ3v) is 4.82. The predicted molar refractivity (Wildman–Crippen MR) is 110 cm³/mol. The van der Waals surface area contributed by atoms with Crippen LogP contribution in [0.15, 0.2) is 36.4 Å². The molecule has 0 amide bonds. The van der Waals surface area contributed by atoms with E-state index in [0.717, 1.165) is 42.4 Å². The van der Waals surface area contributed by atoms with Crippen LogP contribution < -0.4 is 4.74 Å². The van der Waals surface area contributed by atoms with Crippen molar-refractivity contribution >= 4 is 24.2 Å². The molecule has 0 atom stereocenters. The largest absolute Gasteiger partial charge is 0.492 e. The molecule has 0 fully saturated rings. The Hall–Kier alpha value is -2.13. The number of unbranched alkanes of at least 4 members (excludes halogenated alkanes) is 5. The van der Waals surface area contributed by atoms with E-state index in [9.17, 15) is 9.59 Å². The van der Waals surface area contributed by atoms with E-state index in [1.807, 2.05) is 19.1 Å². The summed E-state index contributed by atoms with van der Waals surface area (Å²) in [6.07, 6.45) is 9.36. The lowest BCUT2D eigenvalue weighted by molar-refractivity contribution is 0.111. The maximum atomic E-state index is 11.2. The minimum atomic E-state index is 0.411. The zero-order valence-corrected chi connectivity index (χ0v) is 16.6. The van der Waals surface area contributed by atoms with Crippen LogP contribution in [0.4, 0.5) is 0 Å². The van der Waals surface area contributed by atoms with Crippen molar-refractivity contribution in [2.24, 2.45) is 0 Å². The van der Waals surface area contributed by atoms with Crippen molar-refractivity contribution in [1.29, 1.82) is 0 Å². The molecule has 0 aliphatic heterocycles. The summed E-state index contributed by atoms with van der Waals surface area (Å²) in [5.74, 6) is 0.411. The maximum absolute atomic E-state index is 11.2. The molecule has 0 unspecified atom stereocenters. The lowest BCUT2D eigenvalue weighted by Crippen LogP contribution is -2.04. The smallest absolute Gasteiger partial charge is 0.153 e. The van der Waals surface area contributed by atoms with Crippen LogP contribution >= 0.6 is 11.6 Å². The molecule has 0 aliphatic rings. The first-order valence-corrected chi connectivity index (χ1v) is 9.94. The van der Waals surface area contributed by atoms with E-state index < -0.39 is 0 Å². The number of hydrogen-bond donors (Lipinski definition) is 0. The van der Waals surface area contributed by atoms with Gasteiger partial charge in [-0.1, -0.05) is 49.4 Å². The van der Waals surface area contributed by atoms with Gasteiger partial charge in [0.25, 0.3) is 0 Å². The van der Waals surface area contributed by atoms with Crippen LogP contribution in [-0.2, 0) is 6.42 Å². The van der Waals surface area contributed by atoms with Gasteiger partial charge in [0.05, 0.1) is 17.7 Å². The van der Waals surface area contributed by atoms with Gasteiger partial charge in [-0.15, -0.1) is 0 Å². The van der Waals surface area contributed by atoms with Gasteiger partial charge in [0.15, 0.2) is 12.6 Å². The van der Waals surface area contributed by atoms with Crippen molar-refractivity contribution in [2.45, 2.75) is 51.9 Å². The SMILES string of the molecule is Cc1cc(C=O)c(OCCCCCCCCc2ccc(Cl)cc2)c(C=O)c1.